The Morgan fingerprint density at radius 1 is 0.340 bits per heavy atom. The average Bonchev–Trinajstić information content (AvgIpc) is 3.17. The summed E-state index contributed by atoms with van der Waals surface area (Å²) in [4.78, 5) is 0. The van der Waals surface area contributed by atoms with E-state index >= 15 is 0 Å². The largest absolute Gasteiger partial charge is 0.390 e. The molecule has 0 spiro atoms. The van der Waals surface area contributed by atoms with Gasteiger partial charge in [-0.15, -0.1) is 0 Å². The van der Waals surface area contributed by atoms with Crippen molar-refractivity contribution >= 4 is 0 Å². The number of ether oxygens (including phenoxy) is 1. The molecule has 0 aliphatic heterocycles. The van der Waals surface area contributed by atoms with Gasteiger partial charge in [-0.3, -0.25) is 0 Å². The van der Waals surface area contributed by atoms with E-state index in [1.807, 2.05) is 0 Å². The number of hydrogen-bond donors (Lipinski definition) is 1. The molecule has 0 radical (unpaired) electrons. The highest BCUT2D eigenvalue weighted by Gasteiger charge is 2.16. The smallest absolute Gasteiger partial charge is 0.101 e. The van der Waals surface area contributed by atoms with Crippen molar-refractivity contribution in [2.45, 2.75) is 296 Å². The first-order valence-electron chi connectivity index (χ1n) is 24.9. The Hall–Kier alpha value is -0.600. The Kier molecular flexibility index (Phi) is 47.0. The summed E-state index contributed by atoms with van der Waals surface area (Å²) < 4.78 is 6.30. The molecule has 53 heavy (non-hydrogen) atoms. The topological polar surface area (TPSA) is 29.5 Å². The quantitative estimate of drug-likeness (QED) is 0.0497. The van der Waals surface area contributed by atoms with Crippen LogP contribution in [0.1, 0.15) is 284 Å². The van der Waals surface area contributed by atoms with Crippen LogP contribution in [0.4, 0.5) is 0 Å². The van der Waals surface area contributed by atoms with Crippen LogP contribution in [0.5, 0.6) is 0 Å². The van der Waals surface area contributed by atoms with Gasteiger partial charge in [0.25, 0.3) is 0 Å². The lowest BCUT2D eigenvalue weighted by molar-refractivity contribution is -0.0157. The van der Waals surface area contributed by atoms with Crippen LogP contribution in [0.3, 0.4) is 0 Å². The molecule has 1 N–H and O–H groups in total. The summed E-state index contributed by atoms with van der Waals surface area (Å²) in [6, 6.07) is 0. The molecular formula is C51H100O2. The molecule has 0 saturated heterocycles. The number of aliphatic hydroxyl groups is 1. The van der Waals surface area contributed by atoms with Crippen molar-refractivity contribution in [3.63, 3.8) is 0 Å². The van der Waals surface area contributed by atoms with Gasteiger partial charge in [0, 0.05) is 6.61 Å². The van der Waals surface area contributed by atoms with E-state index in [4.69, 9.17) is 4.74 Å². The highest BCUT2D eigenvalue weighted by atomic mass is 16.5. The second-order valence-corrected chi connectivity index (χ2v) is 17.0. The molecule has 0 saturated carbocycles. The van der Waals surface area contributed by atoms with Crippen molar-refractivity contribution in [2.75, 3.05) is 6.61 Å². The van der Waals surface area contributed by atoms with Crippen molar-refractivity contribution < 1.29 is 9.84 Å². The molecule has 0 fully saturated rings. The number of hydrogen-bond acceptors (Lipinski definition) is 2. The lowest BCUT2D eigenvalue weighted by Gasteiger charge is -2.21. The van der Waals surface area contributed by atoms with Gasteiger partial charge in [0.05, 0.1) is 6.10 Å². The second-order valence-electron chi connectivity index (χ2n) is 17.0. The van der Waals surface area contributed by atoms with Crippen molar-refractivity contribution in [2.24, 2.45) is 0 Å². The number of unbranched alkanes of at least 4 members (excludes halogenated alkanes) is 36. The summed E-state index contributed by atoms with van der Waals surface area (Å²) in [6.45, 7) is 7.65. The maximum Gasteiger partial charge on any atom is 0.101 e. The van der Waals surface area contributed by atoms with E-state index in [9.17, 15) is 5.11 Å². The molecule has 2 heteroatoms. The van der Waals surface area contributed by atoms with E-state index in [0.29, 0.717) is 0 Å². The second kappa shape index (κ2) is 47.6. The van der Waals surface area contributed by atoms with Crippen LogP contribution in [-0.2, 0) is 4.74 Å². The minimum absolute atomic E-state index is 0.136. The van der Waals surface area contributed by atoms with E-state index in [1.54, 1.807) is 0 Å². The first-order chi connectivity index (χ1) is 26.3. The fraction of sp³-hybridized carbons (Fsp3) is 0.922. The molecule has 2 unspecified atom stereocenters. The van der Waals surface area contributed by atoms with E-state index < -0.39 is 0 Å². The molecule has 0 aromatic rings. The summed E-state index contributed by atoms with van der Waals surface area (Å²) >= 11 is 0. The monoisotopic (exact) mass is 745 g/mol. The van der Waals surface area contributed by atoms with Gasteiger partial charge in [-0.05, 0) is 51.4 Å². The van der Waals surface area contributed by atoms with Crippen LogP contribution in [-0.4, -0.2) is 23.9 Å². The van der Waals surface area contributed by atoms with Gasteiger partial charge in [0.15, 0.2) is 0 Å². The molecule has 0 amide bonds. The van der Waals surface area contributed by atoms with Gasteiger partial charge in [0.1, 0.15) is 6.10 Å². The zero-order chi connectivity index (χ0) is 38.4. The van der Waals surface area contributed by atoms with E-state index in [0.717, 1.165) is 32.3 Å². The van der Waals surface area contributed by atoms with Crippen LogP contribution in [0.2, 0.25) is 0 Å². The van der Waals surface area contributed by atoms with Crippen LogP contribution in [0.15, 0.2) is 24.3 Å². The molecule has 0 heterocycles. The summed E-state index contributed by atoms with van der Waals surface area (Å²) in [5.41, 5.74) is 0. The first kappa shape index (κ1) is 52.4. The molecule has 0 aromatic heterocycles. The first-order valence-corrected chi connectivity index (χ1v) is 24.9. The molecule has 2 atom stereocenters. The van der Waals surface area contributed by atoms with Gasteiger partial charge >= 0.3 is 0 Å². The predicted molar refractivity (Wildman–Crippen MR) is 240 cm³/mol. The zero-order valence-corrected chi connectivity index (χ0v) is 37.0. The van der Waals surface area contributed by atoms with Gasteiger partial charge in [0.2, 0.25) is 0 Å². The summed E-state index contributed by atoms with van der Waals surface area (Å²) in [5, 5.41) is 11.0. The summed E-state index contributed by atoms with van der Waals surface area (Å²) in [7, 11) is 0. The average molecular weight is 745 g/mol. The van der Waals surface area contributed by atoms with Crippen LogP contribution < -0.4 is 0 Å². The number of aliphatic hydroxyl groups excluding tert-OH is 1. The maximum atomic E-state index is 11.0. The SMILES string of the molecule is CCCCCC/C=C\C(OCCCCCCCCCCCCCCCCCCCCCCCC)C(O)CCCCC/C=C/CCCCCCCCCC. The molecule has 0 aliphatic rings. The molecule has 316 valence electrons. The van der Waals surface area contributed by atoms with Gasteiger partial charge < -0.3 is 9.84 Å². The van der Waals surface area contributed by atoms with E-state index in [1.165, 1.54) is 238 Å². The summed E-state index contributed by atoms with van der Waals surface area (Å²) in [6.07, 6.45) is 64.2. The Morgan fingerprint density at radius 3 is 1.00 bits per heavy atom. The number of allylic oxidation sites excluding steroid dienone is 3. The van der Waals surface area contributed by atoms with E-state index in [-0.39, 0.29) is 12.2 Å². The molecule has 2 nitrogen and oxygen atoms in total. The van der Waals surface area contributed by atoms with Gasteiger partial charge in [-0.25, -0.2) is 0 Å². The van der Waals surface area contributed by atoms with Crippen LogP contribution >= 0.6 is 0 Å². The van der Waals surface area contributed by atoms with Gasteiger partial charge in [-0.2, -0.15) is 0 Å². The van der Waals surface area contributed by atoms with Crippen molar-refractivity contribution in [3.05, 3.63) is 24.3 Å². The molecule has 0 aromatic carbocycles. The third kappa shape index (κ3) is 44.0. The molecule has 0 bridgehead atoms. The highest BCUT2D eigenvalue weighted by Crippen LogP contribution is 2.17. The van der Waals surface area contributed by atoms with Crippen LogP contribution in [0.25, 0.3) is 0 Å². The molecular weight excluding hydrogens is 645 g/mol. The van der Waals surface area contributed by atoms with Gasteiger partial charge in [-0.1, -0.05) is 257 Å². The highest BCUT2D eigenvalue weighted by molar-refractivity contribution is 4.93. The fourth-order valence-corrected chi connectivity index (χ4v) is 7.73. The van der Waals surface area contributed by atoms with Crippen LogP contribution in [0, 0.1) is 0 Å². The third-order valence-corrected chi connectivity index (χ3v) is 11.5. The normalized spacial score (nSPS) is 13.2. The van der Waals surface area contributed by atoms with Crippen molar-refractivity contribution in [1.82, 2.24) is 0 Å². The zero-order valence-electron chi connectivity index (χ0n) is 37.0. The lowest BCUT2D eigenvalue weighted by atomic mass is 10.0. The standard InChI is InChI=1S/C51H100O2/c1-4-7-10-13-16-18-20-22-24-25-26-27-28-29-30-32-34-36-38-40-43-46-49-53-51(48-45-42-15-12-9-6-3)50(52)47-44-41-39-37-35-33-31-23-21-19-17-14-11-8-5-2/h33,35,45,48,50-52H,4-32,34,36-44,46-47,49H2,1-3H3/b35-33+,48-45-. The fourth-order valence-electron chi connectivity index (χ4n) is 7.73. The molecule has 0 rings (SSSR count). The van der Waals surface area contributed by atoms with E-state index in [2.05, 4.69) is 45.1 Å². The maximum absolute atomic E-state index is 11.0. The predicted octanol–water partition coefficient (Wildman–Crippen LogP) is 17.9. The summed E-state index contributed by atoms with van der Waals surface area (Å²) in [5.74, 6) is 0. The Bertz CT molecular complexity index is 698. The lowest BCUT2D eigenvalue weighted by Crippen LogP contribution is -2.27. The minimum Gasteiger partial charge on any atom is -0.390 e. The Morgan fingerprint density at radius 2 is 0.623 bits per heavy atom. The molecule has 0 aliphatic carbocycles. The Balaban J connectivity index is 3.83. The van der Waals surface area contributed by atoms with Crippen molar-refractivity contribution in [3.8, 4) is 0 Å². The van der Waals surface area contributed by atoms with Crippen molar-refractivity contribution in [1.29, 1.82) is 0 Å². The number of rotatable bonds is 46. The Labute approximate surface area is 336 Å². The minimum atomic E-state index is -0.376. The third-order valence-electron chi connectivity index (χ3n) is 11.5.